The summed E-state index contributed by atoms with van der Waals surface area (Å²) in [6.45, 7) is 5.83. The molecule has 36 heavy (non-hydrogen) atoms. The number of ether oxygens (including phenoxy) is 1. The molecule has 1 spiro atoms. The molecule has 0 saturated carbocycles. The molecule has 3 heterocycles. The Morgan fingerprint density at radius 2 is 1.72 bits per heavy atom. The Labute approximate surface area is 214 Å². The third-order valence-corrected chi connectivity index (χ3v) is 8.90. The van der Waals surface area contributed by atoms with Crippen molar-refractivity contribution >= 4 is 33.4 Å². The summed E-state index contributed by atoms with van der Waals surface area (Å²) in [6, 6.07) is 5.78. The number of hydrogen-bond donors (Lipinski definition) is 0. The Morgan fingerprint density at radius 1 is 1.11 bits per heavy atom. The summed E-state index contributed by atoms with van der Waals surface area (Å²) in [7, 11) is -3.14. The minimum absolute atomic E-state index is 0.0485. The Kier molecular flexibility index (Phi) is 7.72. The van der Waals surface area contributed by atoms with Crippen LogP contribution in [0.4, 0.5) is 23.7 Å². The molecule has 202 valence electrons. The lowest BCUT2D eigenvalue weighted by atomic mass is 9.73. The van der Waals surface area contributed by atoms with Gasteiger partial charge in [0.05, 0.1) is 6.26 Å². The summed E-state index contributed by atoms with van der Waals surface area (Å²) in [5.74, 6) is 0. The maximum Gasteiger partial charge on any atom is 0.425 e. The zero-order valence-corrected chi connectivity index (χ0v) is 22.0. The van der Waals surface area contributed by atoms with Crippen LogP contribution in [0.15, 0.2) is 18.2 Å². The van der Waals surface area contributed by atoms with Crippen LogP contribution >= 0.6 is 11.6 Å². The van der Waals surface area contributed by atoms with E-state index in [0.29, 0.717) is 37.7 Å². The monoisotopic (exact) mass is 552 g/mol. The quantitative estimate of drug-likeness (QED) is 0.557. The summed E-state index contributed by atoms with van der Waals surface area (Å²) in [6.07, 6.45) is -4.61. The Balaban J connectivity index is 1.32. The van der Waals surface area contributed by atoms with Crippen LogP contribution in [-0.2, 0) is 21.3 Å². The van der Waals surface area contributed by atoms with Crippen molar-refractivity contribution in [1.82, 2.24) is 14.1 Å². The number of halogens is 4. The molecule has 0 radical (unpaired) electrons. The van der Waals surface area contributed by atoms with Crippen molar-refractivity contribution in [3.05, 3.63) is 28.8 Å². The maximum atomic E-state index is 12.7. The van der Waals surface area contributed by atoms with Crippen LogP contribution in [0.2, 0.25) is 5.02 Å². The number of piperidine rings is 1. The molecule has 1 atom stereocenters. The highest BCUT2D eigenvalue weighted by Gasteiger charge is 2.48. The van der Waals surface area contributed by atoms with Crippen molar-refractivity contribution in [3.63, 3.8) is 0 Å². The third kappa shape index (κ3) is 6.20. The summed E-state index contributed by atoms with van der Waals surface area (Å²) in [5, 5.41) is 0.632. The van der Waals surface area contributed by atoms with E-state index in [1.54, 1.807) is 0 Å². The van der Waals surface area contributed by atoms with Crippen LogP contribution in [-0.4, -0.2) is 99.5 Å². The maximum absolute atomic E-state index is 12.7. The summed E-state index contributed by atoms with van der Waals surface area (Å²) in [4.78, 5) is 17.9. The van der Waals surface area contributed by atoms with E-state index < -0.39 is 28.4 Å². The van der Waals surface area contributed by atoms with Gasteiger partial charge in [-0.3, -0.25) is 4.90 Å². The highest BCUT2D eigenvalue weighted by atomic mass is 35.5. The van der Waals surface area contributed by atoms with Crippen molar-refractivity contribution in [3.8, 4) is 0 Å². The van der Waals surface area contributed by atoms with Gasteiger partial charge in [0, 0.05) is 75.0 Å². The third-order valence-electron chi connectivity index (χ3n) is 7.47. The van der Waals surface area contributed by atoms with Gasteiger partial charge in [-0.2, -0.15) is 13.2 Å². The largest absolute Gasteiger partial charge is 0.437 e. The molecule has 1 aromatic carbocycles. The Hall–Kier alpha value is -1.76. The molecular weight excluding hydrogens is 521 g/mol. The lowest BCUT2D eigenvalue weighted by molar-refractivity contribution is -0.200. The molecule has 3 fully saturated rings. The highest BCUT2D eigenvalue weighted by molar-refractivity contribution is 7.88. The van der Waals surface area contributed by atoms with Crippen LogP contribution in [0.1, 0.15) is 25.3 Å². The molecule has 4 rings (SSSR count). The van der Waals surface area contributed by atoms with Gasteiger partial charge in [-0.1, -0.05) is 17.7 Å². The van der Waals surface area contributed by atoms with Gasteiger partial charge in [0.1, 0.15) is 0 Å². The van der Waals surface area contributed by atoms with Gasteiger partial charge in [-0.15, -0.1) is 0 Å². The molecule has 3 saturated heterocycles. The van der Waals surface area contributed by atoms with E-state index in [1.807, 2.05) is 18.2 Å². The van der Waals surface area contributed by atoms with Crippen LogP contribution in [0, 0.1) is 5.41 Å². The summed E-state index contributed by atoms with van der Waals surface area (Å²) >= 11 is 6.32. The molecule has 3 aliphatic rings. The number of hydrogen-bond acceptors (Lipinski definition) is 6. The molecule has 1 amide bonds. The number of nitrogens with zero attached hydrogens (tertiary/aromatic N) is 4. The second-order valence-electron chi connectivity index (χ2n) is 10.1. The fraction of sp³-hybridized carbons (Fsp3) is 0.696. The van der Waals surface area contributed by atoms with Crippen molar-refractivity contribution in [2.24, 2.45) is 5.41 Å². The second kappa shape index (κ2) is 10.2. The van der Waals surface area contributed by atoms with E-state index in [4.69, 9.17) is 11.6 Å². The zero-order chi connectivity index (χ0) is 26.3. The van der Waals surface area contributed by atoms with Crippen LogP contribution in [0.3, 0.4) is 0 Å². The molecule has 13 heteroatoms. The first-order chi connectivity index (χ1) is 16.8. The number of carbonyl (C=O) groups is 1. The summed E-state index contributed by atoms with van der Waals surface area (Å²) < 4.78 is 67.7. The number of piperazine rings is 1. The lowest BCUT2D eigenvalue weighted by Gasteiger charge is -2.53. The number of amides is 1. The molecule has 0 aliphatic carbocycles. The van der Waals surface area contributed by atoms with E-state index in [1.165, 1.54) is 15.5 Å². The van der Waals surface area contributed by atoms with E-state index in [-0.39, 0.29) is 18.5 Å². The fourth-order valence-electron chi connectivity index (χ4n) is 5.06. The molecule has 1 aromatic rings. The van der Waals surface area contributed by atoms with Gasteiger partial charge in [0.2, 0.25) is 10.0 Å². The number of sulfonamides is 1. The number of carbonyl (C=O) groups excluding carboxylic acids is 1. The minimum Gasteiger partial charge on any atom is -0.437 e. The Morgan fingerprint density at radius 3 is 2.28 bits per heavy atom. The minimum atomic E-state index is -4.58. The van der Waals surface area contributed by atoms with Crippen molar-refractivity contribution < 1.29 is 31.1 Å². The zero-order valence-electron chi connectivity index (χ0n) is 20.4. The summed E-state index contributed by atoms with van der Waals surface area (Å²) in [5.41, 5.74) is 2.17. The number of rotatable bonds is 5. The van der Waals surface area contributed by atoms with Gasteiger partial charge >= 0.3 is 12.3 Å². The average Bonchev–Trinajstić information content (AvgIpc) is 2.78. The van der Waals surface area contributed by atoms with E-state index in [2.05, 4.69) is 14.5 Å². The van der Waals surface area contributed by atoms with Gasteiger partial charge in [-0.25, -0.2) is 17.5 Å². The molecular formula is C23H32ClF3N4O4S. The van der Waals surface area contributed by atoms with E-state index >= 15 is 0 Å². The molecule has 8 nitrogen and oxygen atoms in total. The molecule has 1 unspecified atom stereocenters. The van der Waals surface area contributed by atoms with Crippen LogP contribution < -0.4 is 4.90 Å². The van der Waals surface area contributed by atoms with Crippen LogP contribution in [0.25, 0.3) is 0 Å². The van der Waals surface area contributed by atoms with Gasteiger partial charge in [-0.05, 0) is 37.5 Å². The second-order valence-corrected chi connectivity index (χ2v) is 12.5. The smallest absolute Gasteiger partial charge is 0.425 e. The van der Waals surface area contributed by atoms with Gasteiger partial charge in [0.15, 0.2) is 6.10 Å². The lowest BCUT2D eigenvalue weighted by Crippen LogP contribution is -2.61. The van der Waals surface area contributed by atoms with Crippen molar-refractivity contribution in [1.29, 1.82) is 0 Å². The van der Waals surface area contributed by atoms with Crippen LogP contribution in [0.5, 0.6) is 0 Å². The first-order valence-electron chi connectivity index (χ1n) is 12.0. The predicted molar refractivity (Wildman–Crippen MR) is 131 cm³/mol. The van der Waals surface area contributed by atoms with Crippen molar-refractivity contribution in [2.45, 2.75) is 38.6 Å². The average molecular weight is 553 g/mol. The first-order valence-corrected chi connectivity index (χ1v) is 14.2. The van der Waals surface area contributed by atoms with Gasteiger partial charge < -0.3 is 14.5 Å². The topological polar surface area (TPSA) is 73.4 Å². The molecule has 0 aromatic heterocycles. The normalized spacial score (nSPS) is 22.4. The van der Waals surface area contributed by atoms with Gasteiger partial charge in [0.25, 0.3) is 0 Å². The number of anilines is 1. The van der Waals surface area contributed by atoms with Crippen molar-refractivity contribution in [2.75, 3.05) is 63.5 Å². The Bertz CT molecular complexity index is 1060. The molecule has 0 N–H and O–H groups in total. The first kappa shape index (κ1) is 27.3. The van der Waals surface area contributed by atoms with E-state index in [9.17, 15) is 26.4 Å². The predicted octanol–water partition coefficient (Wildman–Crippen LogP) is 3.41. The number of benzene rings is 1. The molecule has 3 aliphatic heterocycles. The fourth-order valence-corrected chi connectivity index (χ4v) is 6.24. The highest BCUT2D eigenvalue weighted by Crippen LogP contribution is 2.43. The van der Waals surface area contributed by atoms with E-state index in [0.717, 1.165) is 44.1 Å². The number of alkyl halides is 3. The standard InChI is InChI=1S/C23H32ClF3N4O4S/c1-17(23(25,26)27)35-21(32)30-11-9-28(10-12-30)14-18-3-4-19(24)13-20(18)29-7-5-22(6-8-29)15-31(16-22)36(2,33)34/h3-4,13,17H,5-12,14-16H2,1-2H3. The molecule has 0 bridgehead atoms. The SMILES string of the molecule is CC(OC(=O)N1CCN(Cc2ccc(Cl)cc2N2CCC3(CC2)CN(S(C)(=O)=O)C3)CC1)C(F)(F)F.